The Morgan fingerprint density at radius 2 is 1.81 bits per heavy atom. The summed E-state index contributed by atoms with van der Waals surface area (Å²) in [5, 5.41) is 0. The molecule has 0 aliphatic carbocycles. The van der Waals surface area contributed by atoms with Crippen LogP contribution in [-0.2, 0) is 6.42 Å². The number of pyridine rings is 1. The average Bonchev–Trinajstić information content (AvgIpc) is 2.31. The van der Waals surface area contributed by atoms with Crippen LogP contribution >= 0.6 is 0 Å². The van der Waals surface area contributed by atoms with E-state index in [-0.39, 0.29) is 5.82 Å². The first kappa shape index (κ1) is 10.8. The van der Waals surface area contributed by atoms with Crippen LogP contribution in [0, 0.1) is 5.82 Å². The molecule has 2 heteroatoms. The molecule has 16 heavy (non-hydrogen) atoms. The topological polar surface area (TPSA) is 12.9 Å². The first-order chi connectivity index (χ1) is 7.79. The molecule has 82 valence electrons. The SMILES string of the molecule is CCCc1cncc(-c2ccc(F)cc2)c1. The van der Waals surface area contributed by atoms with Crippen molar-refractivity contribution >= 4 is 0 Å². The fraction of sp³-hybridized carbons (Fsp3) is 0.214. The number of benzene rings is 1. The summed E-state index contributed by atoms with van der Waals surface area (Å²) in [5.74, 6) is -0.207. The molecule has 0 spiro atoms. The fourth-order valence-corrected chi connectivity index (χ4v) is 1.71. The van der Waals surface area contributed by atoms with E-state index in [4.69, 9.17) is 0 Å². The molecular weight excluding hydrogens is 201 g/mol. The number of rotatable bonds is 3. The van der Waals surface area contributed by atoms with Crippen LogP contribution in [0.15, 0.2) is 42.7 Å². The van der Waals surface area contributed by atoms with Crippen molar-refractivity contribution in [2.24, 2.45) is 0 Å². The van der Waals surface area contributed by atoms with Gasteiger partial charge in [-0.2, -0.15) is 0 Å². The molecule has 1 aromatic heterocycles. The molecule has 1 aromatic carbocycles. The van der Waals surface area contributed by atoms with Gasteiger partial charge in [0.05, 0.1) is 0 Å². The smallest absolute Gasteiger partial charge is 0.123 e. The van der Waals surface area contributed by atoms with Crippen LogP contribution in [0.1, 0.15) is 18.9 Å². The molecule has 0 atom stereocenters. The lowest BCUT2D eigenvalue weighted by Gasteiger charge is -2.03. The van der Waals surface area contributed by atoms with Gasteiger partial charge in [-0.05, 0) is 35.7 Å². The third-order valence-corrected chi connectivity index (χ3v) is 2.51. The Labute approximate surface area is 95.0 Å². The van der Waals surface area contributed by atoms with Crippen molar-refractivity contribution in [1.29, 1.82) is 0 Å². The van der Waals surface area contributed by atoms with Crippen LogP contribution in [0.4, 0.5) is 4.39 Å². The number of hydrogen-bond donors (Lipinski definition) is 0. The molecule has 0 aliphatic heterocycles. The summed E-state index contributed by atoms with van der Waals surface area (Å²) in [5.41, 5.74) is 3.28. The fourth-order valence-electron chi connectivity index (χ4n) is 1.71. The summed E-state index contributed by atoms with van der Waals surface area (Å²) in [6, 6.07) is 8.62. The van der Waals surface area contributed by atoms with Crippen molar-refractivity contribution in [2.45, 2.75) is 19.8 Å². The van der Waals surface area contributed by atoms with E-state index in [2.05, 4.69) is 18.0 Å². The first-order valence-electron chi connectivity index (χ1n) is 5.49. The zero-order chi connectivity index (χ0) is 11.4. The maximum Gasteiger partial charge on any atom is 0.123 e. The summed E-state index contributed by atoms with van der Waals surface area (Å²) >= 11 is 0. The number of aryl methyl sites for hydroxylation is 1. The normalized spacial score (nSPS) is 10.4. The monoisotopic (exact) mass is 215 g/mol. The van der Waals surface area contributed by atoms with Crippen molar-refractivity contribution in [1.82, 2.24) is 4.98 Å². The number of aromatic nitrogens is 1. The number of halogens is 1. The van der Waals surface area contributed by atoms with E-state index in [1.807, 2.05) is 12.4 Å². The molecule has 1 heterocycles. The Hall–Kier alpha value is -1.70. The lowest BCUT2D eigenvalue weighted by molar-refractivity contribution is 0.628. The molecule has 2 aromatic rings. The van der Waals surface area contributed by atoms with Crippen LogP contribution in [0.3, 0.4) is 0 Å². The zero-order valence-electron chi connectivity index (χ0n) is 9.28. The molecule has 0 aliphatic rings. The summed E-state index contributed by atoms with van der Waals surface area (Å²) in [6.07, 6.45) is 5.83. The molecule has 1 nitrogen and oxygen atoms in total. The highest BCUT2D eigenvalue weighted by atomic mass is 19.1. The molecule has 0 bridgehead atoms. The molecule has 0 amide bonds. The van der Waals surface area contributed by atoms with E-state index in [1.54, 1.807) is 12.1 Å². The standard InChI is InChI=1S/C14H14FN/c1-2-3-11-8-13(10-16-9-11)12-4-6-14(15)7-5-12/h4-10H,2-3H2,1H3. The van der Waals surface area contributed by atoms with Crippen LogP contribution in [0.25, 0.3) is 11.1 Å². The van der Waals surface area contributed by atoms with Crippen molar-refractivity contribution < 1.29 is 4.39 Å². The molecule has 2 rings (SSSR count). The number of nitrogens with zero attached hydrogens (tertiary/aromatic N) is 1. The van der Waals surface area contributed by atoms with E-state index in [1.165, 1.54) is 17.7 Å². The zero-order valence-corrected chi connectivity index (χ0v) is 9.28. The predicted molar refractivity (Wildman–Crippen MR) is 63.6 cm³/mol. The van der Waals surface area contributed by atoms with Gasteiger partial charge in [-0.3, -0.25) is 4.98 Å². The quantitative estimate of drug-likeness (QED) is 0.758. The van der Waals surface area contributed by atoms with Gasteiger partial charge >= 0.3 is 0 Å². The third-order valence-electron chi connectivity index (χ3n) is 2.51. The third kappa shape index (κ3) is 2.45. The minimum Gasteiger partial charge on any atom is -0.264 e. The van der Waals surface area contributed by atoms with E-state index in [0.717, 1.165) is 24.0 Å². The molecule has 0 saturated carbocycles. The Bertz CT molecular complexity index is 462. The van der Waals surface area contributed by atoms with Crippen molar-refractivity contribution in [3.63, 3.8) is 0 Å². The maximum atomic E-state index is 12.8. The second-order valence-corrected chi connectivity index (χ2v) is 3.84. The second kappa shape index (κ2) is 4.88. The van der Waals surface area contributed by atoms with E-state index in [0.29, 0.717) is 0 Å². The molecule has 0 fully saturated rings. The van der Waals surface area contributed by atoms with E-state index < -0.39 is 0 Å². The minimum absolute atomic E-state index is 0.207. The Morgan fingerprint density at radius 1 is 1.06 bits per heavy atom. The Morgan fingerprint density at radius 3 is 2.50 bits per heavy atom. The molecule has 0 unspecified atom stereocenters. The molecule has 0 saturated heterocycles. The van der Waals surface area contributed by atoms with Gasteiger partial charge in [-0.25, -0.2) is 4.39 Å². The average molecular weight is 215 g/mol. The van der Waals surface area contributed by atoms with Gasteiger partial charge in [0.25, 0.3) is 0 Å². The van der Waals surface area contributed by atoms with Gasteiger partial charge in [0.2, 0.25) is 0 Å². The molecule has 0 N–H and O–H groups in total. The van der Waals surface area contributed by atoms with E-state index >= 15 is 0 Å². The van der Waals surface area contributed by atoms with E-state index in [9.17, 15) is 4.39 Å². The summed E-state index contributed by atoms with van der Waals surface area (Å²) in [4.78, 5) is 4.21. The molecular formula is C14H14FN. The largest absolute Gasteiger partial charge is 0.264 e. The van der Waals surface area contributed by atoms with Gasteiger partial charge in [-0.15, -0.1) is 0 Å². The lowest BCUT2D eigenvalue weighted by Crippen LogP contribution is -1.87. The van der Waals surface area contributed by atoms with Gasteiger partial charge in [0.15, 0.2) is 0 Å². The van der Waals surface area contributed by atoms with Crippen LogP contribution < -0.4 is 0 Å². The van der Waals surface area contributed by atoms with Gasteiger partial charge in [0, 0.05) is 18.0 Å². The minimum atomic E-state index is -0.207. The first-order valence-corrected chi connectivity index (χ1v) is 5.49. The molecule has 0 radical (unpaired) electrons. The summed E-state index contributed by atoms with van der Waals surface area (Å²) < 4.78 is 12.8. The van der Waals surface area contributed by atoms with Gasteiger partial charge < -0.3 is 0 Å². The van der Waals surface area contributed by atoms with Crippen molar-refractivity contribution in [3.05, 3.63) is 54.1 Å². The van der Waals surface area contributed by atoms with Crippen LogP contribution in [0.2, 0.25) is 0 Å². The second-order valence-electron chi connectivity index (χ2n) is 3.84. The highest BCUT2D eigenvalue weighted by Crippen LogP contribution is 2.20. The maximum absolute atomic E-state index is 12.8. The highest BCUT2D eigenvalue weighted by molar-refractivity contribution is 5.62. The number of hydrogen-bond acceptors (Lipinski definition) is 1. The Kier molecular flexibility index (Phi) is 3.30. The van der Waals surface area contributed by atoms with Crippen molar-refractivity contribution in [2.75, 3.05) is 0 Å². The summed E-state index contributed by atoms with van der Waals surface area (Å²) in [6.45, 7) is 2.14. The Balaban J connectivity index is 2.32. The van der Waals surface area contributed by atoms with Gasteiger partial charge in [0.1, 0.15) is 5.82 Å². The predicted octanol–water partition coefficient (Wildman–Crippen LogP) is 3.84. The van der Waals surface area contributed by atoms with Crippen LogP contribution in [0.5, 0.6) is 0 Å². The summed E-state index contributed by atoms with van der Waals surface area (Å²) in [7, 11) is 0. The van der Waals surface area contributed by atoms with Crippen molar-refractivity contribution in [3.8, 4) is 11.1 Å². The highest BCUT2D eigenvalue weighted by Gasteiger charge is 2.00. The lowest BCUT2D eigenvalue weighted by atomic mass is 10.0. The van der Waals surface area contributed by atoms with Crippen LogP contribution in [-0.4, -0.2) is 4.98 Å². The van der Waals surface area contributed by atoms with Gasteiger partial charge in [-0.1, -0.05) is 25.5 Å².